The van der Waals surface area contributed by atoms with E-state index < -0.39 is 0 Å². The molecule has 0 fully saturated rings. The van der Waals surface area contributed by atoms with E-state index in [1.165, 1.54) is 7.11 Å². The number of aromatic nitrogens is 3. The molecule has 6 nitrogen and oxygen atoms in total. The van der Waals surface area contributed by atoms with Gasteiger partial charge in [0.05, 0.1) is 22.8 Å². The fourth-order valence-electron chi connectivity index (χ4n) is 1.46. The molecule has 0 aliphatic heterocycles. The predicted molar refractivity (Wildman–Crippen MR) is 80.3 cm³/mol. The zero-order valence-corrected chi connectivity index (χ0v) is 12.5. The first-order valence-corrected chi connectivity index (χ1v) is 6.64. The summed E-state index contributed by atoms with van der Waals surface area (Å²) in [5.74, 6) is 0.733. The molecule has 0 aliphatic rings. The van der Waals surface area contributed by atoms with Gasteiger partial charge in [-0.25, -0.2) is 0 Å². The van der Waals surface area contributed by atoms with E-state index >= 15 is 0 Å². The van der Waals surface area contributed by atoms with Crippen LogP contribution in [0.3, 0.4) is 0 Å². The lowest BCUT2D eigenvalue weighted by Gasteiger charge is -2.10. The number of halogens is 2. The molecule has 0 saturated heterocycles. The Balaban J connectivity index is 2.32. The molecule has 1 aromatic heterocycles. The Labute approximate surface area is 126 Å². The predicted octanol–water partition coefficient (Wildman–Crippen LogP) is 3.36. The minimum absolute atomic E-state index is 0.205. The van der Waals surface area contributed by atoms with Crippen LogP contribution in [0, 0.1) is 0 Å². The van der Waals surface area contributed by atoms with Crippen LogP contribution < -0.4 is 15.4 Å². The number of nitrogens with zero attached hydrogens (tertiary/aromatic N) is 3. The van der Waals surface area contributed by atoms with E-state index in [0.717, 1.165) is 0 Å². The minimum Gasteiger partial charge on any atom is -0.467 e. The van der Waals surface area contributed by atoms with Crippen molar-refractivity contribution >= 4 is 40.8 Å². The fraction of sp³-hybridized carbons (Fsp3) is 0.250. The van der Waals surface area contributed by atoms with Crippen molar-refractivity contribution < 1.29 is 4.74 Å². The Morgan fingerprint density at radius 1 is 1.15 bits per heavy atom. The lowest BCUT2D eigenvalue weighted by molar-refractivity contribution is 0.379. The Kier molecular flexibility index (Phi) is 4.81. The average Bonchev–Trinajstić information content (AvgIpc) is 2.44. The van der Waals surface area contributed by atoms with Crippen molar-refractivity contribution in [2.24, 2.45) is 0 Å². The molecule has 2 N–H and O–H groups in total. The van der Waals surface area contributed by atoms with Crippen LogP contribution in [-0.2, 0) is 0 Å². The smallest absolute Gasteiger partial charge is 0.322 e. The molecular weight excluding hydrogens is 301 g/mol. The number of hydrogen-bond acceptors (Lipinski definition) is 6. The third-order valence-electron chi connectivity index (χ3n) is 2.33. The van der Waals surface area contributed by atoms with Gasteiger partial charge in [-0.05, 0) is 19.1 Å². The van der Waals surface area contributed by atoms with Crippen LogP contribution in [0.5, 0.6) is 6.01 Å². The minimum atomic E-state index is 0.205. The van der Waals surface area contributed by atoms with Crippen LogP contribution in [0.4, 0.5) is 17.6 Å². The van der Waals surface area contributed by atoms with Crippen LogP contribution in [0.15, 0.2) is 18.2 Å². The van der Waals surface area contributed by atoms with Crippen LogP contribution in [0.2, 0.25) is 10.0 Å². The normalized spacial score (nSPS) is 10.2. The summed E-state index contributed by atoms with van der Waals surface area (Å²) < 4.78 is 5.03. The standard InChI is InChI=1S/C12H13Cl2N5O/c1-3-15-10-17-11(19-12(18-10)20-2)16-8-6-4-5-7(13)9(8)14/h4-6H,3H2,1-2H3,(H2,15,16,17,18,19). The van der Waals surface area contributed by atoms with Crippen molar-refractivity contribution in [2.45, 2.75) is 6.92 Å². The average molecular weight is 314 g/mol. The van der Waals surface area contributed by atoms with Crippen molar-refractivity contribution in [2.75, 3.05) is 24.3 Å². The van der Waals surface area contributed by atoms with E-state index in [0.29, 0.717) is 34.2 Å². The third kappa shape index (κ3) is 3.40. The lowest BCUT2D eigenvalue weighted by atomic mass is 10.3. The highest BCUT2D eigenvalue weighted by atomic mass is 35.5. The molecule has 1 heterocycles. The maximum atomic E-state index is 6.11. The summed E-state index contributed by atoms with van der Waals surface area (Å²) in [6.45, 7) is 2.63. The summed E-state index contributed by atoms with van der Waals surface area (Å²) in [4.78, 5) is 12.4. The summed E-state index contributed by atoms with van der Waals surface area (Å²) in [5.41, 5.74) is 0.606. The monoisotopic (exact) mass is 313 g/mol. The highest BCUT2D eigenvalue weighted by Crippen LogP contribution is 2.31. The summed E-state index contributed by atoms with van der Waals surface area (Å²) in [6, 6.07) is 5.46. The van der Waals surface area contributed by atoms with Gasteiger partial charge in [-0.1, -0.05) is 29.3 Å². The Morgan fingerprint density at radius 2 is 1.90 bits per heavy atom. The van der Waals surface area contributed by atoms with Gasteiger partial charge in [0.1, 0.15) is 0 Å². The van der Waals surface area contributed by atoms with Crippen molar-refractivity contribution in [1.29, 1.82) is 0 Å². The van der Waals surface area contributed by atoms with E-state index in [1.54, 1.807) is 18.2 Å². The van der Waals surface area contributed by atoms with E-state index in [-0.39, 0.29) is 6.01 Å². The number of ether oxygens (including phenoxy) is 1. The maximum Gasteiger partial charge on any atom is 0.322 e. The second-order valence-electron chi connectivity index (χ2n) is 3.73. The molecule has 0 radical (unpaired) electrons. The molecule has 20 heavy (non-hydrogen) atoms. The first kappa shape index (κ1) is 14.6. The van der Waals surface area contributed by atoms with Crippen LogP contribution in [0.1, 0.15) is 6.92 Å². The highest BCUT2D eigenvalue weighted by Gasteiger charge is 2.09. The molecule has 2 rings (SSSR count). The lowest BCUT2D eigenvalue weighted by Crippen LogP contribution is -2.08. The molecule has 106 valence electrons. The molecule has 0 saturated carbocycles. The number of rotatable bonds is 5. The number of benzene rings is 1. The molecule has 1 aromatic carbocycles. The van der Waals surface area contributed by atoms with Gasteiger partial charge in [0.25, 0.3) is 0 Å². The van der Waals surface area contributed by atoms with Gasteiger partial charge in [-0.15, -0.1) is 0 Å². The van der Waals surface area contributed by atoms with E-state index in [2.05, 4.69) is 25.6 Å². The van der Waals surface area contributed by atoms with Gasteiger partial charge < -0.3 is 15.4 Å². The number of hydrogen-bond donors (Lipinski definition) is 2. The van der Waals surface area contributed by atoms with Gasteiger partial charge in [0.2, 0.25) is 11.9 Å². The summed E-state index contributed by atoms with van der Waals surface area (Å²) >= 11 is 12.1. The van der Waals surface area contributed by atoms with Crippen LogP contribution >= 0.6 is 23.2 Å². The van der Waals surface area contributed by atoms with Gasteiger partial charge in [0, 0.05) is 6.54 Å². The Hall–Kier alpha value is -1.79. The van der Waals surface area contributed by atoms with E-state index in [4.69, 9.17) is 27.9 Å². The molecule has 0 aliphatic carbocycles. The van der Waals surface area contributed by atoms with Gasteiger partial charge in [-0.2, -0.15) is 15.0 Å². The first-order chi connectivity index (χ1) is 9.63. The van der Waals surface area contributed by atoms with Crippen molar-refractivity contribution in [3.05, 3.63) is 28.2 Å². The number of methoxy groups -OCH3 is 1. The fourth-order valence-corrected chi connectivity index (χ4v) is 1.81. The Bertz CT molecular complexity index is 608. The molecule has 0 unspecified atom stereocenters. The molecule has 0 amide bonds. The van der Waals surface area contributed by atoms with Crippen LogP contribution in [-0.4, -0.2) is 28.6 Å². The van der Waals surface area contributed by atoms with Crippen LogP contribution in [0.25, 0.3) is 0 Å². The topological polar surface area (TPSA) is 72.0 Å². The molecule has 8 heteroatoms. The van der Waals surface area contributed by atoms with E-state index in [9.17, 15) is 0 Å². The van der Waals surface area contributed by atoms with Crippen molar-refractivity contribution in [3.63, 3.8) is 0 Å². The molecule has 2 aromatic rings. The maximum absolute atomic E-state index is 6.11. The second kappa shape index (κ2) is 6.58. The Morgan fingerprint density at radius 3 is 2.60 bits per heavy atom. The molecule has 0 atom stereocenters. The number of nitrogens with one attached hydrogen (secondary N) is 2. The quantitative estimate of drug-likeness (QED) is 0.882. The third-order valence-corrected chi connectivity index (χ3v) is 3.15. The molecule has 0 spiro atoms. The molecule has 0 bridgehead atoms. The largest absolute Gasteiger partial charge is 0.467 e. The van der Waals surface area contributed by atoms with Gasteiger partial charge >= 0.3 is 6.01 Å². The first-order valence-electron chi connectivity index (χ1n) is 5.89. The van der Waals surface area contributed by atoms with Crippen molar-refractivity contribution in [3.8, 4) is 6.01 Å². The highest BCUT2D eigenvalue weighted by molar-refractivity contribution is 6.43. The number of anilines is 3. The van der Waals surface area contributed by atoms with Gasteiger partial charge in [0.15, 0.2) is 0 Å². The summed E-state index contributed by atoms with van der Waals surface area (Å²) in [7, 11) is 1.49. The summed E-state index contributed by atoms with van der Waals surface area (Å²) in [5, 5.41) is 6.83. The zero-order chi connectivity index (χ0) is 14.5. The second-order valence-corrected chi connectivity index (χ2v) is 4.51. The molecular formula is C12H13Cl2N5O. The summed E-state index contributed by atoms with van der Waals surface area (Å²) in [6.07, 6.45) is 0. The van der Waals surface area contributed by atoms with Crippen molar-refractivity contribution in [1.82, 2.24) is 15.0 Å². The SMILES string of the molecule is CCNc1nc(Nc2cccc(Cl)c2Cl)nc(OC)n1. The van der Waals surface area contributed by atoms with E-state index in [1.807, 2.05) is 6.92 Å². The van der Waals surface area contributed by atoms with Gasteiger partial charge in [-0.3, -0.25) is 0 Å². The zero-order valence-electron chi connectivity index (χ0n) is 10.9.